The SMILES string of the molecule is CC(C)Oc1cccc([P@](c2ccccc2)c2cccc3c2Oc2c([P@@](c4ccccc4)c4cccc(OC(C)C)c4)cccc2C3(C)C)c1. The van der Waals surface area contributed by atoms with Crippen LogP contribution in [0.15, 0.2) is 146 Å². The summed E-state index contributed by atoms with van der Waals surface area (Å²) >= 11 is 0. The first-order chi connectivity index (χ1) is 24.2. The van der Waals surface area contributed by atoms with E-state index in [4.69, 9.17) is 14.2 Å². The second kappa shape index (κ2) is 14.4. The van der Waals surface area contributed by atoms with E-state index in [1.165, 1.54) is 43.0 Å². The Morgan fingerprint density at radius 1 is 0.460 bits per heavy atom. The van der Waals surface area contributed by atoms with Crippen LogP contribution in [-0.4, -0.2) is 12.2 Å². The number of ether oxygens (including phenoxy) is 3. The van der Waals surface area contributed by atoms with Crippen LogP contribution in [0.4, 0.5) is 0 Å². The maximum Gasteiger partial charge on any atom is 0.139 e. The fourth-order valence-corrected chi connectivity index (χ4v) is 11.6. The van der Waals surface area contributed by atoms with Crippen LogP contribution in [0.5, 0.6) is 23.0 Å². The van der Waals surface area contributed by atoms with E-state index >= 15 is 0 Å². The van der Waals surface area contributed by atoms with Gasteiger partial charge in [0.15, 0.2) is 0 Å². The van der Waals surface area contributed by atoms with Gasteiger partial charge in [0.2, 0.25) is 0 Å². The molecule has 6 aromatic rings. The fourth-order valence-electron chi connectivity index (χ4n) is 6.79. The van der Waals surface area contributed by atoms with Gasteiger partial charge < -0.3 is 14.2 Å². The molecular formula is C45H44O3P2. The molecule has 0 N–H and O–H groups in total. The minimum absolute atomic E-state index is 0.0916. The molecule has 0 amide bonds. The molecule has 3 nitrogen and oxygen atoms in total. The van der Waals surface area contributed by atoms with Crippen molar-refractivity contribution in [3.05, 3.63) is 157 Å². The molecule has 1 aliphatic heterocycles. The van der Waals surface area contributed by atoms with Gasteiger partial charge in [-0.1, -0.05) is 135 Å². The highest BCUT2D eigenvalue weighted by molar-refractivity contribution is 7.80. The van der Waals surface area contributed by atoms with E-state index in [1.54, 1.807) is 0 Å². The van der Waals surface area contributed by atoms with Crippen molar-refractivity contribution in [2.75, 3.05) is 0 Å². The summed E-state index contributed by atoms with van der Waals surface area (Å²) < 4.78 is 19.8. The van der Waals surface area contributed by atoms with Gasteiger partial charge in [0.1, 0.15) is 23.0 Å². The number of hydrogen-bond acceptors (Lipinski definition) is 3. The first kappa shape index (κ1) is 34.0. The van der Waals surface area contributed by atoms with Crippen LogP contribution in [-0.2, 0) is 5.41 Å². The topological polar surface area (TPSA) is 27.7 Å². The molecule has 7 rings (SSSR count). The minimum Gasteiger partial charge on any atom is -0.491 e. The van der Waals surface area contributed by atoms with Crippen LogP contribution in [0.3, 0.4) is 0 Å². The van der Waals surface area contributed by atoms with Crippen LogP contribution in [0.25, 0.3) is 0 Å². The summed E-state index contributed by atoms with van der Waals surface area (Å²) in [6, 6.07) is 52.4. The van der Waals surface area contributed by atoms with E-state index in [1.807, 2.05) is 0 Å². The van der Waals surface area contributed by atoms with Crippen molar-refractivity contribution < 1.29 is 14.2 Å². The molecule has 0 spiro atoms. The van der Waals surface area contributed by atoms with Crippen molar-refractivity contribution in [2.24, 2.45) is 0 Å². The van der Waals surface area contributed by atoms with Crippen LogP contribution in [0, 0.1) is 0 Å². The first-order valence-electron chi connectivity index (χ1n) is 17.4. The molecule has 1 heterocycles. The highest BCUT2D eigenvalue weighted by atomic mass is 31.1. The Morgan fingerprint density at radius 2 is 0.840 bits per heavy atom. The Hall–Kier alpha value is -4.42. The second-order valence-electron chi connectivity index (χ2n) is 13.7. The predicted molar refractivity (Wildman–Crippen MR) is 214 cm³/mol. The van der Waals surface area contributed by atoms with Crippen LogP contribution in [0.1, 0.15) is 52.7 Å². The summed E-state index contributed by atoms with van der Waals surface area (Å²) in [7, 11) is -1.95. The maximum absolute atomic E-state index is 7.38. The molecule has 0 saturated carbocycles. The minimum atomic E-state index is -0.974. The number of rotatable bonds is 10. The molecule has 0 saturated heterocycles. The Kier molecular flexibility index (Phi) is 9.83. The average molecular weight is 695 g/mol. The summed E-state index contributed by atoms with van der Waals surface area (Å²) in [6.07, 6.45) is 0.183. The molecule has 0 fully saturated rings. The molecule has 0 aromatic heterocycles. The van der Waals surface area contributed by atoms with Crippen molar-refractivity contribution in [1.82, 2.24) is 0 Å². The van der Waals surface area contributed by atoms with Gasteiger partial charge in [-0.15, -0.1) is 0 Å². The molecule has 0 radical (unpaired) electrons. The van der Waals surface area contributed by atoms with Gasteiger partial charge in [-0.05, 0) is 89.0 Å². The molecule has 252 valence electrons. The van der Waals surface area contributed by atoms with Crippen molar-refractivity contribution in [3.8, 4) is 23.0 Å². The van der Waals surface area contributed by atoms with Gasteiger partial charge in [-0.3, -0.25) is 0 Å². The molecule has 0 unspecified atom stereocenters. The third-order valence-electron chi connectivity index (χ3n) is 8.95. The lowest BCUT2D eigenvalue weighted by Gasteiger charge is -2.38. The molecular weight excluding hydrogens is 650 g/mol. The summed E-state index contributed by atoms with van der Waals surface area (Å²) in [5.41, 5.74) is 2.11. The Bertz CT molecular complexity index is 1940. The zero-order chi connectivity index (χ0) is 34.8. The Balaban J connectivity index is 1.42. The summed E-state index contributed by atoms with van der Waals surface area (Å²) in [4.78, 5) is 0. The second-order valence-corrected chi connectivity index (χ2v) is 18.1. The van der Waals surface area contributed by atoms with E-state index in [0.717, 1.165) is 23.0 Å². The zero-order valence-electron chi connectivity index (χ0n) is 29.6. The predicted octanol–water partition coefficient (Wildman–Crippen LogP) is 9.21. The Labute approximate surface area is 299 Å². The van der Waals surface area contributed by atoms with Crippen molar-refractivity contribution in [2.45, 2.75) is 59.2 Å². The molecule has 0 aliphatic carbocycles. The van der Waals surface area contributed by atoms with E-state index in [-0.39, 0.29) is 17.6 Å². The first-order valence-corrected chi connectivity index (χ1v) is 20.1. The monoisotopic (exact) mass is 694 g/mol. The largest absolute Gasteiger partial charge is 0.491 e. The van der Waals surface area contributed by atoms with Crippen molar-refractivity contribution >= 4 is 47.7 Å². The highest BCUT2D eigenvalue weighted by Crippen LogP contribution is 2.52. The van der Waals surface area contributed by atoms with Crippen LogP contribution >= 0.6 is 15.8 Å². The molecule has 5 heteroatoms. The number of para-hydroxylation sites is 2. The molecule has 2 atom stereocenters. The van der Waals surface area contributed by atoms with Gasteiger partial charge in [0.05, 0.1) is 12.2 Å². The third kappa shape index (κ3) is 6.83. The van der Waals surface area contributed by atoms with Crippen LogP contribution < -0.4 is 46.0 Å². The average Bonchev–Trinajstić information content (AvgIpc) is 3.10. The lowest BCUT2D eigenvalue weighted by Crippen LogP contribution is -2.33. The van der Waals surface area contributed by atoms with E-state index in [0.29, 0.717) is 0 Å². The van der Waals surface area contributed by atoms with Gasteiger partial charge in [0.25, 0.3) is 0 Å². The van der Waals surface area contributed by atoms with Gasteiger partial charge >= 0.3 is 0 Å². The highest BCUT2D eigenvalue weighted by Gasteiger charge is 2.39. The Morgan fingerprint density at radius 3 is 1.24 bits per heavy atom. The fraction of sp³-hybridized carbons (Fsp3) is 0.200. The summed E-state index contributed by atoms with van der Waals surface area (Å²) in [5.74, 6) is 3.69. The standard InChI is InChI=1S/C45H44O3P2/c1-31(2)46-33-17-13-23-37(29-33)49(35-19-9-7-10-20-35)41-27-15-25-39-43(41)48-44-40(45(39,5)6)26-16-28-42(44)50(36-21-11-8-12-22-36)38-24-14-18-34(30-38)47-32(3)4/h7-32H,1-6H3/t49-,50-/m0/s1. The summed E-state index contributed by atoms with van der Waals surface area (Å²) in [5, 5.41) is 7.40. The van der Waals surface area contributed by atoms with E-state index < -0.39 is 15.8 Å². The number of benzene rings is 6. The number of hydrogen-bond donors (Lipinski definition) is 0. The van der Waals surface area contributed by atoms with E-state index in [2.05, 4.69) is 187 Å². The lowest BCUT2D eigenvalue weighted by atomic mass is 9.76. The zero-order valence-corrected chi connectivity index (χ0v) is 31.4. The lowest BCUT2D eigenvalue weighted by molar-refractivity contribution is 0.242. The molecule has 50 heavy (non-hydrogen) atoms. The maximum atomic E-state index is 7.38. The summed E-state index contributed by atoms with van der Waals surface area (Å²) in [6.45, 7) is 13.0. The third-order valence-corrected chi connectivity index (χ3v) is 13.8. The van der Waals surface area contributed by atoms with Crippen molar-refractivity contribution in [3.63, 3.8) is 0 Å². The molecule has 1 aliphatic rings. The number of fused-ring (bicyclic) bond motifs is 2. The molecule has 6 aromatic carbocycles. The normalized spacial score (nSPS) is 14.3. The van der Waals surface area contributed by atoms with Gasteiger partial charge in [-0.2, -0.15) is 0 Å². The smallest absolute Gasteiger partial charge is 0.139 e. The van der Waals surface area contributed by atoms with Gasteiger partial charge in [-0.25, -0.2) is 0 Å². The molecule has 0 bridgehead atoms. The van der Waals surface area contributed by atoms with Crippen molar-refractivity contribution in [1.29, 1.82) is 0 Å². The van der Waals surface area contributed by atoms with E-state index in [9.17, 15) is 0 Å². The van der Waals surface area contributed by atoms with Gasteiger partial charge in [0, 0.05) is 27.2 Å². The quantitative estimate of drug-likeness (QED) is 0.134. The van der Waals surface area contributed by atoms with Crippen LogP contribution in [0.2, 0.25) is 0 Å².